The number of piperidine rings is 1. The van der Waals surface area contributed by atoms with Crippen molar-refractivity contribution < 1.29 is 9.18 Å². The molecule has 2 N–H and O–H groups in total. The molecule has 2 fully saturated rings. The second-order valence-electron chi connectivity index (χ2n) is 10.7. The van der Waals surface area contributed by atoms with Crippen molar-refractivity contribution in [3.8, 4) is 11.3 Å². The van der Waals surface area contributed by atoms with Crippen LogP contribution in [0.5, 0.6) is 0 Å². The van der Waals surface area contributed by atoms with Crippen LogP contribution in [0.2, 0.25) is 0 Å². The molecule has 2 saturated heterocycles. The number of carbonyl (C=O) groups excluding carboxylic acids is 1. The topological polar surface area (TPSA) is 57.3 Å². The van der Waals surface area contributed by atoms with E-state index in [-0.39, 0.29) is 17.8 Å². The number of aryl methyl sites for hydroxylation is 1. The van der Waals surface area contributed by atoms with Crippen LogP contribution in [0.25, 0.3) is 16.8 Å². The first kappa shape index (κ1) is 26.1. The van der Waals surface area contributed by atoms with Crippen molar-refractivity contribution in [2.24, 2.45) is 0 Å². The van der Waals surface area contributed by atoms with Crippen LogP contribution >= 0.6 is 0 Å². The minimum Gasteiger partial charge on any atom is -0.361 e. The van der Waals surface area contributed by atoms with Crippen molar-refractivity contribution in [2.75, 3.05) is 7.05 Å². The summed E-state index contributed by atoms with van der Waals surface area (Å²) in [6.07, 6.45) is 18.0. The summed E-state index contributed by atoms with van der Waals surface area (Å²) in [7, 11) is 2.21. The predicted octanol–water partition coefficient (Wildman–Crippen LogP) is 6.05. The SMILES string of the molecule is CCC/C=C/C(C(=O)NC1CC2CCC(C1)N2C)=C1/C=C(c2cccnc2-c2ccc(F)c(C)c2)C=CN1. The van der Waals surface area contributed by atoms with Crippen molar-refractivity contribution in [3.63, 3.8) is 0 Å². The third-order valence-electron chi connectivity index (χ3n) is 8.06. The summed E-state index contributed by atoms with van der Waals surface area (Å²) in [6.45, 7) is 3.89. The summed E-state index contributed by atoms with van der Waals surface area (Å²) >= 11 is 0. The number of allylic oxidation sites excluding steroid dienone is 4. The van der Waals surface area contributed by atoms with Crippen LogP contribution in [0.15, 0.2) is 78.3 Å². The summed E-state index contributed by atoms with van der Waals surface area (Å²) < 4.78 is 13.9. The van der Waals surface area contributed by atoms with Crippen molar-refractivity contribution in [2.45, 2.75) is 70.5 Å². The number of carbonyl (C=O) groups is 1. The lowest BCUT2D eigenvalue weighted by atomic mass is 9.95. The fraction of sp³-hybridized carbons (Fsp3) is 0.375. The summed E-state index contributed by atoms with van der Waals surface area (Å²) in [5.74, 6) is -0.273. The van der Waals surface area contributed by atoms with E-state index in [1.165, 1.54) is 18.9 Å². The molecule has 5 nitrogen and oxygen atoms in total. The lowest BCUT2D eigenvalue weighted by molar-refractivity contribution is -0.118. The molecule has 6 heteroatoms. The quantitative estimate of drug-likeness (QED) is 0.444. The van der Waals surface area contributed by atoms with Crippen LogP contribution in [0, 0.1) is 12.7 Å². The van der Waals surface area contributed by atoms with Gasteiger partial charge < -0.3 is 15.5 Å². The largest absolute Gasteiger partial charge is 0.361 e. The average molecular weight is 513 g/mol. The highest BCUT2D eigenvalue weighted by Gasteiger charge is 2.39. The van der Waals surface area contributed by atoms with E-state index in [4.69, 9.17) is 0 Å². The second kappa shape index (κ2) is 11.5. The molecule has 2 aromatic rings. The molecular formula is C32H37FN4O. The van der Waals surface area contributed by atoms with Gasteiger partial charge in [-0.1, -0.05) is 31.6 Å². The van der Waals surface area contributed by atoms with Crippen LogP contribution in [-0.4, -0.2) is 41.0 Å². The molecule has 0 spiro atoms. The second-order valence-corrected chi connectivity index (χ2v) is 10.7. The van der Waals surface area contributed by atoms with Crippen molar-refractivity contribution in [1.82, 2.24) is 20.5 Å². The number of pyridine rings is 1. The number of nitrogens with one attached hydrogen (secondary N) is 2. The van der Waals surface area contributed by atoms with Gasteiger partial charge in [0.05, 0.1) is 17.0 Å². The number of amides is 1. The molecule has 1 amide bonds. The zero-order chi connectivity index (χ0) is 26.6. The number of nitrogens with zero attached hydrogens (tertiary/aromatic N) is 2. The Morgan fingerprint density at radius 3 is 2.76 bits per heavy atom. The molecule has 0 aliphatic carbocycles. The molecule has 5 rings (SSSR count). The van der Waals surface area contributed by atoms with Gasteiger partial charge in [0.15, 0.2) is 0 Å². The molecule has 198 valence electrons. The minimum absolute atomic E-state index is 0.0414. The van der Waals surface area contributed by atoms with Gasteiger partial charge in [0, 0.05) is 41.6 Å². The van der Waals surface area contributed by atoms with E-state index in [1.54, 1.807) is 19.2 Å². The normalized spacial score (nSPS) is 24.3. The van der Waals surface area contributed by atoms with E-state index < -0.39 is 0 Å². The maximum atomic E-state index is 13.9. The van der Waals surface area contributed by atoms with E-state index in [0.717, 1.165) is 53.8 Å². The zero-order valence-corrected chi connectivity index (χ0v) is 22.5. The molecule has 2 atom stereocenters. The molecule has 3 aliphatic rings. The number of aromatic nitrogens is 1. The van der Waals surface area contributed by atoms with E-state index in [2.05, 4.69) is 40.6 Å². The molecule has 38 heavy (non-hydrogen) atoms. The number of dihydropyridines is 1. The standard InChI is InChI=1S/C32H37FN4O/c1-4-5-6-8-28(32(38)36-24-19-25-11-12-26(20-24)37(25)3)30-18-22(14-16-34-30)27-9-7-15-35-31(27)23-10-13-29(33)21(2)17-23/h6-10,13-18,24-26,34H,4-5,11-12,19-20H2,1-3H3,(H,36,38)/b8-6+,30-28+. The van der Waals surface area contributed by atoms with E-state index >= 15 is 0 Å². The number of hydrogen-bond donors (Lipinski definition) is 2. The Morgan fingerprint density at radius 2 is 2.03 bits per heavy atom. The first-order chi connectivity index (χ1) is 18.4. The molecule has 2 unspecified atom stereocenters. The average Bonchev–Trinajstić information content (AvgIpc) is 3.12. The van der Waals surface area contributed by atoms with E-state index in [9.17, 15) is 9.18 Å². The summed E-state index contributed by atoms with van der Waals surface area (Å²) in [4.78, 5) is 20.8. The van der Waals surface area contributed by atoms with Crippen LogP contribution in [0.4, 0.5) is 4.39 Å². The molecule has 0 radical (unpaired) electrons. The molecule has 1 aromatic carbocycles. The molecule has 2 bridgehead atoms. The smallest absolute Gasteiger partial charge is 0.253 e. The van der Waals surface area contributed by atoms with Crippen LogP contribution < -0.4 is 10.6 Å². The molecule has 4 heterocycles. The van der Waals surface area contributed by atoms with E-state index in [0.29, 0.717) is 23.2 Å². The van der Waals surface area contributed by atoms with Gasteiger partial charge in [-0.15, -0.1) is 0 Å². The third kappa shape index (κ3) is 5.51. The van der Waals surface area contributed by atoms with Gasteiger partial charge in [0.1, 0.15) is 5.82 Å². The third-order valence-corrected chi connectivity index (χ3v) is 8.06. The Balaban J connectivity index is 1.47. The summed E-state index contributed by atoms with van der Waals surface area (Å²) in [5.41, 5.74) is 5.48. The number of halogens is 1. The highest BCUT2D eigenvalue weighted by Crippen LogP contribution is 2.35. The van der Waals surface area contributed by atoms with Gasteiger partial charge >= 0.3 is 0 Å². The number of benzene rings is 1. The Labute approximate surface area is 225 Å². The Bertz CT molecular complexity index is 1310. The van der Waals surface area contributed by atoms with Crippen molar-refractivity contribution in [3.05, 3.63) is 95.2 Å². The van der Waals surface area contributed by atoms with Gasteiger partial charge in [-0.25, -0.2) is 4.39 Å². The van der Waals surface area contributed by atoms with Gasteiger partial charge in [-0.3, -0.25) is 9.78 Å². The zero-order valence-electron chi connectivity index (χ0n) is 22.5. The maximum Gasteiger partial charge on any atom is 0.253 e. The number of hydrogen-bond acceptors (Lipinski definition) is 4. The van der Waals surface area contributed by atoms with Gasteiger partial charge in [0.2, 0.25) is 0 Å². The van der Waals surface area contributed by atoms with Gasteiger partial charge in [-0.05, 0) is 93.6 Å². The molecule has 0 saturated carbocycles. The van der Waals surface area contributed by atoms with E-state index in [1.807, 2.05) is 42.6 Å². The van der Waals surface area contributed by atoms with Gasteiger partial charge in [-0.2, -0.15) is 0 Å². The fourth-order valence-electron chi connectivity index (χ4n) is 5.90. The van der Waals surface area contributed by atoms with Crippen LogP contribution in [-0.2, 0) is 4.79 Å². The Hall–Kier alpha value is -3.51. The maximum absolute atomic E-state index is 13.9. The van der Waals surface area contributed by atoms with Crippen LogP contribution in [0.3, 0.4) is 0 Å². The fourth-order valence-corrected chi connectivity index (χ4v) is 5.90. The first-order valence-electron chi connectivity index (χ1n) is 13.7. The predicted molar refractivity (Wildman–Crippen MR) is 151 cm³/mol. The summed E-state index contributed by atoms with van der Waals surface area (Å²) in [5, 5.41) is 6.66. The monoisotopic (exact) mass is 512 g/mol. The first-order valence-corrected chi connectivity index (χ1v) is 13.7. The van der Waals surface area contributed by atoms with Crippen LogP contribution in [0.1, 0.15) is 56.6 Å². The minimum atomic E-state index is -0.232. The van der Waals surface area contributed by atoms with Crippen molar-refractivity contribution >= 4 is 11.5 Å². The van der Waals surface area contributed by atoms with Gasteiger partial charge in [0.25, 0.3) is 5.91 Å². The number of fused-ring (bicyclic) bond motifs is 2. The summed E-state index contributed by atoms with van der Waals surface area (Å²) in [6, 6.07) is 10.3. The van der Waals surface area contributed by atoms with Crippen molar-refractivity contribution in [1.29, 1.82) is 0 Å². The number of rotatable bonds is 7. The highest BCUT2D eigenvalue weighted by molar-refractivity contribution is 5.98. The Morgan fingerprint density at radius 1 is 1.24 bits per heavy atom. The molecular weight excluding hydrogens is 475 g/mol. The number of unbranched alkanes of at least 4 members (excludes halogenated alkanes) is 1. The Kier molecular flexibility index (Phi) is 7.89. The molecule has 1 aromatic heterocycles. The highest BCUT2D eigenvalue weighted by atomic mass is 19.1. The lowest BCUT2D eigenvalue weighted by Gasteiger charge is -2.36. The lowest BCUT2D eigenvalue weighted by Crippen LogP contribution is -2.49. The molecule has 3 aliphatic heterocycles.